The number of nitrogens with zero attached hydrogens (tertiary/aromatic N) is 1. The molecule has 22 heavy (non-hydrogen) atoms. The minimum atomic E-state index is -1.12. The van der Waals surface area contributed by atoms with Gasteiger partial charge in [-0.3, -0.25) is 9.69 Å². The monoisotopic (exact) mass is 309 g/mol. The van der Waals surface area contributed by atoms with Crippen LogP contribution in [0.4, 0.5) is 5.69 Å². The van der Waals surface area contributed by atoms with E-state index in [9.17, 15) is 19.8 Å². The average molecular weight is 309 g/mol. The number of aliphatic hydroxyl groups excluding tert-OH is 1. The highest BCUT2D eigenvalue weighted by atomic mass is 16.5. The van der Waals surface area contributed by atoms with Crippen molar-refractivity contribution < 1.29 is 29.3 Å². The van der Waals surface area contributed by atoms with Crippen LogP contribution in [0.3, 0.4) is 0 Å². The van der Waals surface area contributed by atoms with E-state index < -0.39 is 17.9 Å². The summed E-state index contributed by atoms with van der Waals surface area (Å²) in [6.07, 6.45) is 0.784. The Bertz CT molecular complexity index is 586. The zero-order valence-electron chi connectivity index (χ0n) is 12.5. The van der Waals surface area contributed by atoms with Gasteiger partial charge in [-0.1, -0.05) is 6.92 Å². The van der Waals surface area contributed by atoms with Gasteiger partial charge in [-0.05, 0) is 31.0 Å². The predicted molar refractivity (Wildman–Crippen MR) is 78.2 cm³/mol. The number of ether oxygens (including phenoxy) is 2. The molecule has 1 heterocycles. The van der Waals surface area contributed by atoms with Gasteiger partial charge in [0.05, 0.1) is 18.9 Å². The quantitative estimate of drug-likeness (QED) is 0.819. The second-order valence-corrected chi connectivity index (χ2v) is 5.02. The van der Waals surface area contributed by atoms with Crippen molar-refractivity contribution in [1.29, 1.82) is 0 Å². The highest BCUT2D eigenvalue weighted by Gasteiger charge is 2.35. The molecule has 1 aromatic carbocycles. The van der Waals surface area contributed by atoms with Crippen LogP contribution < -0.4 is 14.4 Å². The van der Waals surface area contributed by atoms with Gasteiger partial charge in [0.2, 0.25) is 0 Å². The van der Waals surface area contributed by atoms with Crippen molar-refractivity contribution in [2.24, 2.45) is 0 Å². The van der Waals surface area contributed by atoms with Crippen LogP contribution in [0.25, 0.3) is 0 Å². The van der Waals surface area contributed by atoms with Crippen molar-refractivity contribution in [3.63, 3.8) is 0 Å². The molecule has 7 heteroatoms. The molecule has 0 saturated heterocycles. The first-order valence-electron chi connectivity index (χ1n) is 7.07. The van der Waals surface area contributed by atoms with E-state index in [2.05, 4.69) is 0 Å². The molecule has 1 aromatic rings. The van der Waals surface area contributed by atoms with Crippen LogP contribution in [0.1, 0.15) is 25.8 Å². The molecule has 120 valence electrons. The third kappa shape index (κ3) is 2.99. The van der Waals surface area contributed by atoms with E-state index in [0.717, 1.165) is 6.42 Å². The Morgan fingerprint density at radius 3 is 2.82 bits per heavy atom. The molecule has 0 bridgehead atoms. The number of aliphatic carboxylic acids is 1. The van der Waals surface area contributed by atoms with Crippen molar-refractivity contribution in [2.75, 3.05) is 18.1 Å². The van der Waals surface area contributed by atoms with Gasteiger partial charge < -0.3 is 19.7 Å². The summed E-state index contributed by atoms with van der Waals surface area (Å²) in [7, 11) is 0. The number of carboxylic acids is 1. The van der Waals surface area contributed by atoms with E-state index in [1.165, 1.54) is 11.8 Å². The van der Waals surface area contributed by atoms with E-state index >= 15 is 0 Å². The lowest BCUT2D eigenvalue weighted by atomic mass is 10.1. The Hall–Kier alpha value is -2.28. The van der Waals surface area contributed by atoms with Gasteiger partial charge >= 0.3 is 5.97 Å². The van der Waals surface area contributed by atoms with Crippen LogP contribution in [-0.2, 0) is 16.2 Å². The summed E-state index contributed by atoms with van der Waals surface area (Å²) in [5.74, 6) is -0.831. The highest BCUT2D eigenvalue weighted by Crippen LogP contribution is 2.42. The highest BCUT2D eigenvalue weighted by molar-refractivity contribution is 6.03. The molecule has 0 spiro atoms. The van der Waals surface area contributed by atoms with Gasteiger partial charge in [-0.15, -0.1) is 0 Å². The molecule has 1 amide bonds. The molecular weight excluding hydrogens is 290 g/mol. The lowest BCUT2D eigenvalue weighted by Gasteiger charge is -2.33. The Balaban J connectivity index is 2.52. The third-order valence-corrected chi connectivity index (χ3v) is 3.35. The van der Waals surface area contributed by atoms with Crippen molar-refractivity contribution in [1.82, 2.24) is 0 Å². The third-order valence-electron chi connectivity index (χ3n) is 3.35. The van der Waals surface area contributed by atoms with Crippen LogP contribution >= 0.6 is 0 Å². The lowest BCUT2D eigenvalue weighted by Crippen LogP contribution is -2.48. The first-order valence-corrected chi connectivity index (χ1v) is 7.07. The van der Waals surface area contributed by atoms with Crippen LogP contribution in [0.15, 0.2) is 12.1 Å². The van der Waals surface area contributed by atoms with Crippen LogP contribution in [-0.4, -0.2) is 41.3 Å². The zero-order chi connectivity index (χ0) is 16.3. The topological polar surface area (TPSA) is 96.3 Å². The number of amides is 1. The first kappa shape index (κ1) is 16.1. The summed E-state index contributed by atoms with van der Waals surface area (Å²) in [5.41, 5.74) is 0.828. The SMILES string of the molecule is CCCOc1cc(CO)cc2c1OCC(=O)N2C(C)C(=O)O. The minimum absolute atomic E-state index is 0.244. The number of hydrogen-bond acceptors (Lipinski definition) is 5. The molecular formula is C15H19NO6. The van der Waals surface area contributed by atoms with Crippen molar-refractivity contribution in [3.8, 4) is 11.5 Å². The smallest absolute Gasteiger partial charge is 0.326 e. The molecule has 2 N–H and O–H groups in total. The predicted octanol–water partition coefficient (Wildman–Crippen LogP) is 1.17. The van der Waals surface area contributed by atoms with E-state index in [1.807, 2.05) is 6.92 Å². The largest absolute Gasteiger partial charge is 0.490 e. The Kier molecular flexibility index (Phi) is 4.87. The molecule has 0 fully saturated rings. The fourth-order valence-electron chi connectivity index (χ4n) is 2.25. The first-order chi connectivity index (χ1) is 10.5. The number of fused-ring (bicyclic) bond motifs is 1. The maximum Gasteiger partial charge on any atom is 0.326 e. The summed E-state index contributed by atoms with van der Waals surface area (Å²) in [4.78, 5) is 24.5. The molecule has 7 nitrogen and oxygen atoms in total. The summed E-state index contributed by atoms with van der Waals surface area (Å²) in [6, 6.07) is 2.14. The minimum Gasteiger partial charge on any atom is -0.490 e. The number of carbonyl (C=O) groups excluding carboxylic acids is 1. The van der Waals surface area contributed by atoms with Gasteiger partial charge in [0, 0.05) is 0 Å². The van der Waals surface area contributed by atoms with E-state index in [0.29, 0.717) is 29.4 Å². The fraction of sp³-hybridized carbons (Fsp3) is 0.467. The van der Waals surface area contributed by atoms with Crippen LogP contribution in [0.5, 0.6) is 11.5 Å². The Labute approximate surface area is 128 Å². The van der Waals surface area contributed by atoms with Gasteiger partial charge in [0.1, 0.15) is 6.04 Å². The normalized spacial score (nSPS) is 15.0. The number of hydrogen-bond donors (Lipinski definition) is 2. The molecule has 1 aliphatic heterocycles. The second kappa shape index (κ2) is 6.65. The second-order valence-electron chi connectivity index (χ2n) is 5.02. The van der Waals surface area contributed by atoms with Crippen LogP contribution in [0.2, 0.25) is 0 Å². The maximum atomic E-state index is 12.1. The van der Waals surface area contributed by atoms with E-state index in [-0.39, 0.29) is 13.2 Å². The van der Waals surface area contributed by atoms with Crippen molar-refractivity contribution in [3.05, 3.63) is 17.7 Å². The lowest BCUT2D eigenvalue weighted by molar-refractivity contribution is -0.140. The zero-order valence-corrected chi connectivity index (χ0v) is 12.5. The van der Waals surface area contributed by atoms with Gasteiger partial charge in [-0.25, -0.2) is 4.79 Å². The molecule has 0 aromatic heterocycles. The number of aliphatic hydroxyl groups is 1. The molecule has 2 rings (SSSR count). The van der Waals surface area contributed by atoms with E-state index in [4.69, 9.17) is 9.47 Å². The van der Waals surface area contributed by atoms with Gasteiger partial charge in [-0.2, -0.15) is 0 Å². The standard InChI is InChI=1S/C15H19NO6/c1-3-4-21-12-6-10(7-17)5-11-14(12)22-8-13(18)16(11)9(2)15(19)20/h5-6,9,17H,3-4,7-8H2,1-2H3,(H,19,20). The van der Waals surface area contributed by atoms with Crippen molar-refractivity contribution >= 4 is 17.6 Å². The summed E-state index contributed by atoms with van der Waals surface area (Å²) in [6.45, 7) is 3.33. The molecule has 1 aliphatic rings. The number of carboxylic acid groups (broad SMARTS) is 1. The summed E-state index contributed by atoms with van der Waals surface area (Å²) < 4.78 is 11.0. The summed E-state index contributed by atoms with van der Waals surface area (Å²) >= 11 is 0. The number of carbonyl (C=O) groups is 2. The number of rotatable bonds is 6. The molecule has 0 aliphatic carbocycles. The molecule has 0 radical (unpaired) electrons. The van der Waals surface area contributed by atoms with Crippen molar-refractivity contribution in [2.45, 2.75) is 32.9 Å². The fourth-order valence-corrected chi connectivity index (χ4v) is 2.25. The Morgan fingerprint density at radius 2 is 2.23 bits per heavy atom. The van der Waals surface area contributed by atoms with Gasteiger partial charge in [0.25, 0.3) is 5.91 Å². The van der Waals surface area contributed by atoms with Crippen LogP contribution in [0, 0.1) is 0 Å². The summed E-state index contributed by atoms with van der Waals surface area (Å²) in [5, 5.41) is 18.6. The van der Waals surface area contributed by atoms with E-state index in [1.54, 1.807) is 12.1 Å². The molecule has 1 unspecified atom stereocenters. The molecule has 0 saturated carbocycles. The average Bonchev–Trinajstić information content (AvgIpc) is 2.51. The maximum absolute atomic E-state index is 12.1. The number of anilines is 1. The van der Waals surface area contributed by atoms with Gasteiger partial charge in [0.15, 0.2) is 18.1 Å². The molecule has 1 atom stereocenters. The Morgan fingerprint density at radius 1 is 1.50 bits per heavy atom. The number of benzene rings is 1.